The lowest BCUT2D eigenvalue weighted by Crippen LogP contribution is -2.03. The van der Waals surface area contributed by atoms with Gasteiger partial charge in [0.05, 0.1) is 4.92 Å². The molecule has 20 heavy (non-hydrogen) atoms. The lowest BCUT2D eigenvalue weighted by atomic mass is 10.2. The highest BCUT2D eigenvalue weighted by Gasteiger charge is 2.16. The molecular weight excluding hydrogens is 258 g/mol. The van der Waals surface area contributed by atoms with Crippen LogP contribution in [0.15, 0.2) is 36.4 Å². The Balaban J connectivity index is 2.37. The molecule has 0 atom stereocenters. The molecule has 1 heterocycles. The van der Waals surface area contributed by atoms with Gasteiger partial charge in [-0.15, -0.1) is 0 Å². The molecule has 0 unspecified atom stereocenters. The van der Waals surface area contributed by atoms with Crippen molar-refractivity contribution in [1.82, 2.24) is 4.98 Å². The summed E-state index contributed by atoms with van der Waals surface area (Å²) in [6.45, 7) is 0.404. The van der Waals surface area contributed by atoms with E-state index in [1.165, 1.54) is 6.07 Å². The standard InChI is InChI=1S/C13H15N5O2/c1-15-12-6-5-11(18(19)20)13(17-12)16-10-4-2-3-9(7-10)8-14/h2-7H,8,14H2,1H3,(H2,15,16,17). The minimum Gasteiger partial charge on any atom is -0.373 e. The van der Waals surface area contributed by atoms with E-state index in [9.17, 15) is 10.1 Å². The molecule has 104 valence electrons. The van der Waals surface area contributed by atoms with Gasteiger partial charge in [-0.05, 0) is 23.8 Å². The SMILES string of the molecule is CNc1ccc([N+](=O)[O-])c(Nc2cccc(CN)c2)n1. The van der Waals surface area contributed by atoms with E-state index in [0.29, 0.717) is 18.1 Å². The van der Waals surface area contributed by atoms with Gasteiger partial charge in [0.15, 0.2) is 0 Å². The van der Waals surface area contributed by atoms with Gasteiger partial charge in [0.2, 0.25) is 5.82 Å². The second kappa shape index (κ2) is 5.98. The van der Waals surface area contributed by atoms with Gasteiger partial charge < -0.3 is 16.4 Å². The molecule has 0 aliphatic heterocycles. The molecule has 0 saturated heterocycles. The fourth-order valence-electron chi connectivity index (χ4n) is 1.74. The van der Waals surface area contributed by atoms with Gasteiger partial charge in [-0.25, -0.2) is 4.98 Å². The summed E-state index contributed by atoms with van der Waals surface area (Å²) in [5, 5.41) is 16.8. The molecule has 0 spiro atoms. The highest BCUT2D eigenvalue weighted by atomic mass is 16.6. The normalized spacial score (nSPS) is 10.1. The predicted octanol–water partition coefficient (Wildman–Crippen LogP) is 2.23. The van der Waals surface area contributed by atoms with Gasteiger partial charge in [0.1, 0.15) is 5.82 Å². The third-order valence-electron chi connectivity index (χ3n) is 2.75. The van der Waals surface area contributed by atoms with Crippen LogP contribution in [-0.4, -0.2) is 17.0 Å². The summed E-state index contributed by atoms with van der Waals surface area (Å²) in [5.41, 5.74) is 7.13. The van der Waals surface area contributed by atoms with Crippen LogP contribution in [0.5, 0.6) is 0 Å². The Morgan fingerprint density at radius 2 is 2.15 bits per heavy atom. The van der Waals surface area contributed by atoms with E-state index >= 15 is 0 Å². The minimum atomic E-state index is -0.471. The number of hydrogen-bond donors (Lipinski definition) is 3. The van der Waals surface area contributed by atoms with Crippen molar-refractivity contribution in [3.63, 3.8) is 0 Å². The fraction of sp³-hybridized carbons (Fsp3) is 0.154. The Morgan fingerprint density at radius 1 is 1.35 bits per heavy atom. The van der Waals surface area contributed by atoms with E-state index < -0.39 is 4.92 Å². The van der Waals surface area contributed by atoms with Crippen LogP contribution >= 0.6 is 0 Å². The molecule has 0 amide bonds. The number of nitrogens with two attached hydrogens (primary N) is 1. The smallest absolute Gasteiger partial charge is 0.311 e. The predicted molar refractivity (Wildman–Crippen MR) is 78.1 cm³/mol. The first-order valence-corrected chi connectivity index (χ1v) is 6.03. The van der Waals surface area contributed by atoms with Crippen LogP contribution in [-0.2, 0) is 6.54 Å². The molecule has 0 bridgehead atoms. The number of hydrogen-bond acceptors (Lipinski definition) is 6. The monoisotopic (exact) mass is 273 g/mol. The number of rotatable bonds is 5. The summed E-state index contributed by atoms with van der Waals surface area (Å²) in [4.78, 5) is 14.7. The average Bonchev–Trinajstić information content (AvgIpc) is 2.47. The molecular formula is C13H15N5O2. The maximum absolute atomic E-state index is 11.0. The lowest BCUT2D eigenvalue weighted by molar-refractivity contribution is -0.384. The van der Waals surface area contributed by atoms with E-state index in [-0.39, 0.29) is 11.5 Å². The van der Waals surface area contributed by atoms with E-state index in [1.54, 1.807) is 19.2 Å². The first-order chi connectivity index (χ1) is 9.63. The lowest BCUT2D eigenvalue weighted by Gasteiger charge is -2.09. The Bertz CT molecular complexity index is 630. The van der Waals surface area contributed by atoms with Crippen LogP contribution in [0.1, 0.15) is 5.56 Å². The molecule has 2 aromatic rings. The summed E-state index contributed by atoms with van der Waals surface area (Å²) in [6, 6.07) is 10.3. The highest BCUT2D eigenvalue weighted by molar-refractivity contribution is 5.67. The summed E-state index contributed by atoms with van der Waals surface area (Å²) >= 11 is 0. The maximum Gasteiger partial charge on any atom is 0.311 e. The summed E-state index contributed by atoms with van der Waals surface area (Å²) in [7, 11) is 1.70. The number of pyridine rings is 1. The first-order valence-electron chi connectivity index (χ1n) is 6.03. The third-order valence-corrected chi connectivity index (χ3v) is 2.75. The maximum atomic E-state index is 11.0. The van der Waals surface area contributed by atoms with E-state index in [1.807, 2.05) is 18.2 Å². The zero-order valence-corrected chi connectivity index (χ0v) is 11.0. The van der Waals surface area contributed by atoms with E-state index in [4.69, 9.17) is 5.73 Å². The molecule has 7 nitrogen and oxygen atoms in total. The van der Waals surface area contributed by atoms with Crippen LogP contribution in [0.2, 0.25) is 0 Å². The van der Waals surface area contributed by atoms with Gasteiger partial charge in [-0.3, -0.25) is 10.1 Å². The fourth-order valence-corrected chi connectivity index (χ4v) is 1.74. The Labute approximate surface area is 116 Å². The second-order valence-corrected chi connectivity index (χ2v) is 4.10. The number of anilines is 3. The zero-order valence-electron chi connectivity index (χ0n) is 11.0. The van der Waals surface area contributed by atoms with Crippen LogP contribution < -0.4 is 16.4 Å². The molecule has 1 aromatic carbocycles. The molecule has 0 aliphatic carbocycles. The molecule has 7 heteroatoms. The number of benzene rings is 1. The zero-order chi connectivity index (χ0) is 14.5. The van der Waals surface area contributed by atoms with Crippen molar-refractivity contribution in [2.24, 2.45) is 5.73 Å². The Kier molecular flexibility index (Phi) is 4.11. The van der Waals surface area contributed by atoms with Gasteiger partial charge in [0, 0.05) is 25.3 Å². The van der Waals surface area contributed by atoms with Crippen LogP contribution in [0.25, 0.3) is 0 Å². The molecule has 0 radical (unpaired) electrons. The number of nitrogens with one attached hydrogen (secondary N) is 2. The number of nitrogens with zero attached hydrogens (tertiary/aromatic N) is 2. The van der Waals surface area contributed by atoms with Crippen molar-refractivity contribution >= 4 is 23.0 Å². The van der Waals surface area contributed by atoms with Gasteiger partial charge in [0.25, 0.3) is 0 Å². The summed E-state index contributed by atoms with van der Waals surface area (Å²) < 4.78 is 0. The van der Waals surface area contributed by atoms with Gasteiger partial charge in [-0.2, -0.15) is 0 Å². The van der Waals surface area contributed by atoms with Crippen molar-refractivity contribution in [3.8, 4) is 0 Å². The Hall–Kier alpha value is -2.67. The summed E-state index contributed by atoms with van der Waals surface area (Å²) in [6.07, 6.45) is 0. The largest absolute Gasteiger partial charge is 0.373 e. The van der Waals surface area contributed by atoms with Crippen LogP contribution in [0.4, 0.5) is 23.0 Å². The molecule has 1 aromatic heterocycles. The summed E-state index contributed by atoms with van der Waals surface area (Å²) in [5.74, 6) is 0.740. The van der Waals surface area contributed by atoms with Crippen molar-refractivity contribution in [3.05, 3.63) is 52.1 Å². The number of aromatic nitrogens is 1. The molecule has 0 aliphatic rings. The molecule has 0 saturated carbocycles. The number of nitro groups is 1. The van der Waals surface area contributed by atoms with Crippen molar-refractivity contribution in [2.45, 2.75) is 6.54 Å². The second-order valence-electron chi connectivity index (χ2n) is 4.10. The van der Waals surface area contributed by atoms with Crippen LogP contribution in [0.3, 0.4) is 0 Å². The van der Waals surface area contributed by atoms with Crippen molar-refractivity contribution in [1.29, 1.82) is 0 Å². The highest BCUT2D eigenvalue weighted by Crippen LogP contribution is 2.27. The van der Waals surface area contributed by atoms with E-state index in [2.05, 4.69) is 15.6 Å². The van der Waals surface area contributed by atoms with Crippen LogP contribution in [0, 0.1) is 10.1 Å². The molecule has 2 rings (SSSR count). The van der Waals surface area contributed by atoms with Crippen molar-refractivity contribution < 1.29 is 4.92 Å². The third kappa shape index (κ3) is 3.01. The minimum absolute atomic E-state index is 0.0813. The average molecular weight is 273 g/mol. The van der Waals surface area contributed by atoms with Gasteiger partial charge >= 0.3 is 5.69 Å². The van der Waals surface area contributed by atoms with E-state index in [0.717, 1.165) is 5.56 Å². The first kappa shape index (κ1) is 13.8. The topological polar surface area (TPSA) is 106 Å². The molecule has 4 N–H and O–H groups in total. The molecule has 0 fully saturated rings. The Morgan fingerprint density at radius 3 is 2.80 bits per heavy atom. The quantitative estimate of drug-likeness (QED) is 0.569. The van der Waals surface area contributed by atoms with Crippen molar-refractivity contribution in [2.75, 3.05) is 17.7 Å². The van der Waals surface area contributed by atoms with Gasteiger partial charge in [-0.1, -0.05) is 12.1 Å².